The van der Waals surface area contributed by atoms with Gasteiger partial charge >= 0.3 is 0 Å². The van der Waals surface area contributed by atoms with Crippen molar-refractivity contribution < 1.29 is 23.5 Å². The highest BCUT2D eigenvalue weighted by molar-refractivity contribution is 6.01. The molecule has 1 saturated carbocycles. The third-order valence-corrected chi connectivity index (χ3v) is 6.48. The average molecular weight is 511 g/mol. The summed E-state index contributed by atoms with van der Waals surface area (Å²) in [7, 11) is 3.08. The number of hydrogen-bond donors (Lipinski definition) is 1. The summed E-state index contributed by atoms with van der Waals surface area (Å²) < 4.78 is 16.5. The Hall–Kier alpha value is -3.89. The second-order valence-electron chi connectivity index (χ2n) is 9.15. The molecule has 1 fully saturated rings. The maximum Gasteiger partial charge on any atom is 0.251 e. The van der Waals surface area contributed by atoms with Gasteiger partial charge in [0.25, 0.3) is 5.91 Å². The van der Waals surface area contributed by atoms with Crippen molar-refractivity contribution in [3.8, 4) is 23.1 Å². The number of methoxy groups -OCH3 is 2. The Morgan fingerprint density at radius 1 is 1.19 bits per heavy atom. The van der Waals surface area contributed by atoms with Crippen LogP contribution in [0.15, 0.2) is 34.7 Å². The largest absolute Gasteiger partial charge is 0.497 e. The van der Waals surface area contributed by atoms with Gasteiger partial charge in [0.1, 0.15) is 29.8 Å². The molecule has 0 bridgehead atoms. The van der Waals surface area contributed by atoms with Gasteiger partial charge in [0.15, 0.2) is 5.76 Å². The Balaban J connectivity index is 1.66. The van der Waals surface area contributed by atoms with Crippen molar-refractivity contribution in [3.05, 3.63) is 36.1 Å². The molecule has 2 aromatic heterocycles. The zero-order valence-corrected chi connectivity index (χ0v) is 21.8. The number of amides is 2. The molecule has 1 aliphatic rings. The Morgan fingerprint density at radius 3 is 2.62 bits per heavy atom. The fourth-order valence-electron chi connectivity index (χ4n) is 4.64. The Kier molecular flexibility index (Phi) is 8.42. The van der Waals surface area contributed by atoms with E-state index in [1.165, 1.54) is 16.8 Å². The van der Waals surface area contributed by atoms with Crippen LogP contribution in [0.4, 0.5) is 5.69 Å². The number of aryl methyl sites for hydroxylation is 1. The lowest BCUT2D eigenvalue weighted by Gasteiger charge is -2.32. The third-order valence-electron chi connectivity index (χ3n) is 6.48. The lowest BCUT2D eigenvalue weighted by Crippen LogP contribution is -2.52. The van der Waals surface area contributed by atoms with Gasteiger partial charge in [-0.2, -0.15) is 4.80 Å². The minimum Gasteiger partial charge on any atom is -0.497 e. The molecule has 1 N–H and O–H groups in total. The van der Waals surface area contributed by atoms with Crippen LogP contribution in [0.25, 0.3) is 11.6 Å². The number of carbonyl (C=O) groups is 2. The molecule has 1 atom stereocenters. The highest BCUT2D eigenvalue weighted by Gasteiger charge is 2.34. The first-order chi connectivity index (χ1) is 17.9. The number of benzene rings is 1. The summed E-state index contributed by atoms with van der Waals surface area (Å²) in [6, 6.07) is 8.09. The van der Waals surface area contributed by atoms with Crippen LogP contribution in [0, 0.1) is 6.92 Å². The maximum absolute atomic E-state index is 13.9. The van der Waals surface area contributed by atoms with E-state index < -0.39 is 6.04 Å². The monoisotopic (exact) mass is 510 g/mol. The summed E-state index contributed by atoms with van der Waals surface area (Å²) >= 11 is 0. The van der Waals surface area contributed by atoms with Gasteiger partial charge in [0, 0.05) is 12.1 Å². The molecule has 4 rings (SSSR count). The summed E-state index contributed by atoms with van der Waals surface area (Å²) in [5.74, 6) is 1.90. The van der Waals surface area contributed by atoms with Crippen LogP contribution in [0.3, 0.4) is 0 Å². The zero-order chi connectivity index (χ0) is 26.4. The molecule has 2 amide bonds. The van der Waals surface area contributed by atoms with E-state index in [0.29, 0.717) is 35.8 Å². The van der Waals surface area contributed by atoms with Crippen LogP contribution in [0.5, 0.6) is 11.5 Å². The van der Waals surface area contributed by atoms with Crippen molar-refractivity contribution in [2.24, 2.45) is 0 Å². The number of hydrogen-bond acceptors (Lipinski definition) is 8. The number of ether oxygens (including phenoxy) is 2. The molecule has 11 heteroatoms. The molecule has 3 aromatic rings. The van der Waals surface area contributed by atoms with Gasteiger partial charge < -0.3 is 19.2 Å². The number of rotatable bonds is 11. The first-order valence-corrected chi connectivity index (χ1v) is 12.6. The van der Waals surface area contributed by atoms with E-state index in [-0.39, 0.29) is 30.2 Å². The van der Waals surface area contributed by atoms with Crippen LogP contribution in [0.2, 0.25) is 0 Å². The lowest BCUT2D eigenvalue weighted by molar-refractivity contribution is -0.127. The van der Waals surface area contributed by atoms with Gasteiger partial charge in [0.2, 0.25) is 11.7 Å². The van der Waals surface area contributed by atoms with Crippen molar-refractivity contribution in [3.63, 3.8) is 0 Å². The minimum atomic E-state index is -0.740. The van der Waals surface area contributed by atoms with E-state index in [2.05, 4.69) is 20.7 Å². The maximum atomic E-state index is 13.9. The minimum absolute atomic E-state index is 0.123. The van der Waals surface area contributed by atoms with Crippen LogP contribution in [0.1, 0.15) is 51.2 Å². The number of aromatic nitrogens is 4. The number of carbonyl (C=O) groups excluding carboxylic acids is 2. The summed E-state index contributed by atoms with van der Waals surface area (Å²) in [6.45, 7) is 3.58. The summed E-state index contributed by atoms with van der Waals surface area (Å²) in [5.41, 5.74) is 0.468. The van der Waals surface area contributed by atoms with Gasteiger partial charge in [0.05, 0.1) is 19.9 Å². The average Bonchev–Trinajstić information content (AvgIpc) is 3.66. The van der Waals surface area contributed by atoms with E-state index in [1.807, 2.05) is 13.8 Å². The number of furan rings is 1. The summed E-state index contributed by atoms with van der Waals surface area (Å²) in [5, 5.41) is 15.5. The van der Waals surface area contributed by atoms with E-state index in [4.69, 9.17) is 13.9 Å². The molecule has 0 radical (unpaired) electrons. The smallest absolute Gasteiger partial charge is 0.251 e. The normalized spacial score (nSPS) is 14.4. The standard InChI is InChI=1S/C26H34N6O5/c1-5-8-21(26(34)27-18-9-6-7-10-18)32(20-13-12-19(35-3)15-23(20)36-4)24(33)16-31-29-25(28-30-31)22-14-11-17(2)37-22/h11-15,18,21H,5-10,16H2,1-4H3,(H,27,34)/t21-/m1/s1. The second kappa shape index (κ2) is 11.9. The quantitative estimate of drug-likeness (QED) is 0.415. The van der Waals surface area contributed by atoms with Crippen molar-refractivity contribution in [2.45, 2.75) is 71.0 Å². The SMILES string of the molecule is CCC[C@H](C(=O)NC1CCCC1)N(C(=O)Cn1nnc(-c2ccc(C)o2)n1)c1ccc(OC)cc1OC. The second-order valence-corrected chi connectivity index (χ2v) is 9.15. The first-order valence-electron chi connectivity index (χ1n) is 12.6. The van der Waals surface area contributed by atoms with E-state index >= 15 is 0 Å². The molecule has 0 saturated heterocycles. The molecule has 1 aromatic carbocycles. The van der Waals surface area contributed by atoms with Crippen molar-refractivity contribution in [1.29, 1.82) is 0 Å². The topological polar surface area (TPSA) is 125 Å². The molecule has 0 aliphatic heterocycles. The zero-order valence-electron chi connectivity index (χ0n) is 21.8. The third kappa shape index (κ3) is 6.10. The Labute approximate surface area is 216 Å². The van der Waals surface area contributed by atoms with Gasteiger partial charge in [-0.3, -0.25) is 14.5 Å². The predicted octanol–water partition coefficient (Wildman–Crippen LogP) is 3.52. The summed E-state index contributed by atoms with van der Waals surface area (Å²) in [4.78, 5) is 30.1. The van der Waals surface area contributed by atoms with E-state index in [0.717, 1.165) is 31.4 Å². The molecule has 0 unspecified atom stereocenters. The van der Waals surface area contributed by atoms with Gasteiger partial charge in [-0.1, -0.05) is 26.2 Å². The fourth-order valence-corrected chi connectivity index (χ4v) is 4.64. The summed E-state index contributed by atoms with van der Waals surface area (Å²) in [6.07, 6.45) is 5.25. The van der Waals surface area contributed by atoms with Crippen LogP contribution in [-0.4, -0.2) is 58.3 Å². The number of anilines is 1. The van der Waals surface area contributed by atoms with E-state index in [1.54, 1.807) is 37.4 Å². The number of nitrogens with zero attached hydrogens (tertiary/aromatic N) is 5. The molecule has 11 nitrogen and oxygen atoms in total. The fraction of sp³-hybridized carbons (Fsp3) is 0.500. The Bertz CT molecular complexity index is 1220. The molecule has 1 aliphatic carbocycles. The molecule has 198 valence electrons. The lowest BCUT2D eigenvalue weighted by atomic mass is 10.1. The molecule has 2 heterocycles. The molecular formula is C26H34N6O5. The Morgan fingerprint density at radius 2 is 1.97 bits per heavy atom. The molecule has 0 spiro atoms. The highest BCUT2D eigenvalue weighted by Crippen LogP contribution is 2.35. The van der Waals surface area contributed by atoms with E-state index in [9.17, 15) is 9.59 Å². The van der Waals surface area contributed by atoms with Crippen LogP contribution >= 0.6 is 0 Å². The van der Waals surface area contributed by atoms with Crippen molar-refractivity contribution in [2.75, 3.05) is 19.1 Å². The molecule has 37 heavy (non-hydrogen) atoms. The van der Waals surface area contributed by atoms with Crippen molar-refractivity contribution in [1.82, 2.24) is 25.5 Å². The first kappa shape index (κ1) is 26.2. The molecular weight excluding hydrogens is 476 g/mol. The van der Waals surface area contributed by atoms with Gasteiger partial charge in [-0.05, 0) is 55.7 Å². The highest BCUT2D eigenvalue weighted by atomic mass is 16.5. The van der Waals surface area contributed by atoms with Gasteiger partial charge in [-0.15, -0.1) is 10.2 Å². The van der Waals surface area contributed by atoms with Crippen LogP contribution in [-0.2, 0) is 16.1 Å². The predicted molar refractivity (Wildman–Crippen MR) is 136 cm³/mol. The van der Waals surface area contributed by atoms with Crippen molar-refractivity contribution >= 4 is 17.5 Å². The van der Waals surface area contributed by atoms with Crippen LogP contribution < -0.4 is 19.7 Å². The van der Waals surface area contributed by atoms with Gasteiger partial charge in [-0.25, -0.2) is 0 Å². The number of nitrogens with one attached hydrogen (secondary N) is 1. The number of tetrazole rings is 1.